The molecule has 14 heavy (non-hydrogen) atoms. The van der Waals surface area contributed by atoms with Gasteiger partial charge in [-0.2, -0.15) is 0 Å². The van der Waals surface area contributed by atoms with Crippen LogP contribution in [0.25, 0.3) is 0 Å². The van der Waals surface area contributed by atoms with Crippen LogP contribution in [0.2, 0.25) is 0 Å². The Hall–Kier alpha value is -0.450. The fourth-order valence-electron chi connectivity index (χ4n) is 1.24. The Morgan fingerprint density at radius 3 is 2.93 bits per heavy atom. The van der Waals surface area contributed by atoms with Crippen LogP contribution in [0.5, 0.6) is 0 Å². The lowest BCUT2D eigenvalue weighted by Crippen LogP contribution is -2.33. The summed E-state index contributed by atoms with van der Waals surface area (Å²) in [6, 6.07) is 0.232. The number of nitrogens with zero attached hydrogens (tertiary/aromatic N) is 1. The summed E-state index contributed by atoms with van der Waals surface area (Å²) in [5, 5.41) is 15.5. The van der Waals surface area contributed by atoms with Crippen molar-refractivity contribution in [2.24, 2.45) is 0 Å². The largest absolute Gasteiger partial charge is 0.395 e. The highest BCUT2D eigenvalue weighted by atomic mass is 32.1. The van der Waals surface area contributed by atoms with Crippen LogP contribution in [0.4, 0.5) is 0 Å². The van der Waals surface area contributed by atoms with E-state index in [1.54, 1.807) is 11.3 Å². The predicted molar refractivity (Wildman–Crippen MR) is 59.7 cm³/mol. The Morgan fingerprint density at radius 1 is 1.64 bits per heavy atom. The monoisotopic (exact) mass is 214 g/mol. The van der Waals surface area contributed by atoms with E-state index in [1.165, 1.54) is 5.01 Å². The summed E-state index contributed by atoms with van der Waals surface area (Å²) in [5.41, 5.74) is 1.10. The number of rotatable bonds is 6. The molecule has 0 aromatic carbocycles. The van der Waals surface area contributed by atoms with E-state index in [4.69, 9.17) is 5.11 Å². The van der Waals surface area contributed by atoms with Crippen LogP contribution in [0, 0.1) is 6.92 Å². The molecule has 4 heteroatoms. The second kappa shape index (κ2) is 6.11. The van der Waals surface area contributed by atoms with E-state index in [2.05, 4.69) is 22.6 Å². The van der Waals surface area contributed by atoms with Gasteiger partial charge in [-0.25, -0.2) is 4.98 Å². The molecule has 1 aromatic rings. The van der Waals surface area contributed by atoms with Gasteiger partial charge in [-0.05, 0) is 13.3 Å². The molecule has 80 valence electrons. The van der Waals surface area contributed by atoms with E-state index in [-0.39, 0.29) is 12.6 Å². The van der Waals surface area contributed by atoms with E-state index >= 15 is 0 Å². The third kappa shape index (κ3) is 3.74. The number of hydrogen-bond donors (Lipinski definition) is 2. The molecule has 1 heterocycles. The average Bonchev–Trinajstić information content (AvgIpc) is 2.59. The second-order valence-corrected chi connectivity index (χ2v) is 4.32. The lowest BCUT2D eigenvalue weighted by atomic mass is 10.2. The van der Waals surface area contributed by atoms with Gasteiger partial charge in [-0.3, -0.25) is 0 Å². The Balaban J connectivity index is 2.21. The SMILES string of the molecule is CCC(CO)NCCc1nc(C)cs1. The Morgan fingerprint density at radius 2 is 2.43 bits per heavy atom. The summed E-state index contributed by atoms with van der Waals surface area (Å²) in [6.07, 6.45) is 1.92. The highest BCUT2D eigenvalue weighted by Crippen LogP contribution is 2.08. The summed E-state index contributed by atoms with van der Waals surface area (Å²) in [5.74, 6) is 0. The Bertz CT molecular complexity index is 258. The first kappa shape index (κ1) is 11.6. The van der Waals surface area contributed by atoms with Gasteiger partial charge >= 0.3 is 0 Å². The molecular formula is C10H18N2OS. The van der Waals surface area contributed by atoms with E-state index in [9.17, 15) is 0 Å². The number of aliphatic hydroxyl groups is 1. The summed E-state index contributed by atoms with van der Waals surface area (Å²) >= 11 is 1.70. The van der Waals surface area contributed by atoms with Gasteiger partial charge in [0.2, 0.25) is 0 Å². The van der Waals surface area contributed by atoms with Gasteiger partial charge in [0, 0.05) is 30.1 Å². The lowest BCUT2D eigenvalue weighted by Gasteiger charge is -2.12. The average molecular weight is 214 g/mol. The van der Waals surface area contributed by atoms with Crippen molar-refractivity contribution in [1.82, 2.24) is 10.3 Å². The number of thiazole rings is 1. The molecule has 3 nitrogen and oxygen atoms in total. The van der Waals surface area contributed by atoms with Gasteiger partial charge in [-0.15, -0.1) is 11.3 Å². The second-order valence-electron chi connectivity index (χ2n) is 3.37. The molecule has 2 N–H and O–H groups in total. The third-order valence-electron chi connectivity index (χ3n) is 2.15. The molecule has 0 aliphatic carbocycles. The highest BCUT2D eigenvalue weighted by molar-refractivity contribution is 7.09. The van der Waals surface area contributed by atoms with E-state index < -0.39 is 0 Å². The molecule has 0 amide bonds. The molecule has 0 saturated carbocycles. The minimum atomic E-state index is 0.216. The molecule has 0 bridgehead atoms. The summed E-state index contributed by atoms with van der Waals surface area (Å²) in [6.45, 7) is 5.19. The zero-order valence-electron chi connectivity index (χ0n) is 8.79. The molecule has 0 saturated heterocycles. The van der Waals surface area contributed by atoms with Crippen molar-refractivity contribution >= 4 is 11.3 Å². The third-order valence-corrected chi connectivity index (χ3v) is 3.18. The van der Waals surface area contributed by atoms with Gasteiger partial charge in [-0.1, -0.05) is 6.92 Å². The van der Waals surface area contributed by atoms with Crippen LogP contribution in [-0.4, -0.2) is 29.3 Å². The molecule has 1 unspecified atom stereocenters. The summed E-state index contributed by atoms with van der Waals surface area (Å²) < 4.78 is 0. The number of nitrogens with one attached hydrogen (secondary N) is 1. The fourth-order valence-corrected chi connectivity index (χ4v) is 2.01. The fraction of sp³-hybridized carbons (Fsp3) is 0.700. The molecule has 0 aliphatic rings. The van der Waals surface area contributed by atoms with Crippen LogP contribution in [0.15, 0.2) is 5.38 Å². The van der Waals surface area contributed by atoms with Crippen molar-refractivity contribution in [3.8, 4) is 0 Å². The first-order valence-electron chi connectivity index (χ1n) is 5.01. The first-order chi connectivity index (χ1) is 6.76. The molecular weight excluding hydrogens is 196 g/mol. The number of hydrogen-bond acceptors (Lipinski definition) is 4. The molecule has 0 fully saturated rings. The predicted octanol–water partition coefficient (Wildman–Crippen LogP) is 1.35. The van der Waals surface area contributed by atoms with Crippen LogP contribution in [0.3, 0.4) is 0 Å². The topological polar surface area (TPSA) is 45.1 Å². The van der Waals surface area contributed by atoms with Crippen molar-refractivity contribution in [3.05, 3.63) is 16.1 Å². The normalized spacial score (nSPS) is 13.1. The maximum atomic E-state index is 8.95. The van der Waals surface area contributed by atoms with Gasteiger partial charge in [0.1, 0.15) is 0 Å². The first-order valence-corrected chi connectivity index (χ1v) is 5.89. The van der Waals surface area contributed by atoms with Crippen LogP contribution in [0.1, 0.15) is 24.0 Å². The lowest BCUT2D eigenvalue weighted by molar-refractivity contribution is 0.240. The zero-order chi connectivity index (χ0) is 10.4. The van der Waals surface area contributed by atoms with Gasteiger partial charge in [0.05, 0.1) is 11.6 Å². The van der Waals surface area contributed by atoms with Crippen LogP contribution in [-0.2, 0) is 6.42 Å². The number of aromatic nitrogens is 1. The molecule has 0 spiro atoms. The van der Waals surface area contributed by atoms with Crippen molar-refractivity contribution in [3.63, 3.8) is 0 Å². The van der Waals surface area contributed by atoms with Crippen LogP contribution < -0.4 is 5.32 Å². The van der Waals surface area contributed by atoms with E-state index in [1.807, 2.05) is 6.92 Å². The van der Waals surface area contributed by atoms with Gasteiger partial charge < -0.3 is 10.4 Å². The number of aliphatic hydroxyl groups excluding tert-OH is 1. The number of aryl methyl sites for hydroxylation is 1. The molecule has 1 aromatic heterocycles. The summed E-state index contributed by atoms with van der Waals surface area (Å²) in [7, 11) is 0. The van der Waals surface area contributed by atoms with Gasteiger partial charge in [0.15, 0.2) is 0 Å². The van der Waals surface area contributed by atoms with Gasteiger partial charge in [0.25, 0.3) is 0 Å². The van der Waals surface area contributed by atoms with E-state index in [0.29, 0.717) is 0 Å². The van der Waals surface area contributed by atoms with Crippen molar-refractivity contribution in [2.75, 3.05) is 13.2 Å². The Labute approximate surface area is 89.2 Å². The highest BCUT2D eigenvalue weighted by Gasteiger charge is 2.03. The minimum Gasteiger partial charge on any atom is -0.395 e. The standard InChI is InChI=1S/C10H18N2OS/c1-3-9(6-13)11-5-4-10-12-8(2)7-14-10/h7,9,11,13H,3-6H2,1-2H3. The van der Waals surface area contributed by atoms with E-state index in [0.717, 1.165) is 25.1 Å². The van der Waals surface area contributed by atoms with Crippen LogP contribution >= 0.6 is 11.3 Å². The minimum absolute atomic E-state index is 0.216. The molecule has 1 atom stereocenters. The molecule has 0 radical (unpaired) electrons. The van der Waals surface area contributed by atoms with Crippen molar-refractivity contribution in [1.29, 1.82) is 0 Å². The summed E-state index contributed by atoms with van der Waals surface area (Å²) in [4.78, 5) is 4.38. The van der Waals surface area contributed by atoms with Crippen molar-refractivity contribution in [2.45, 2.75) is 32.7 Å². The maximum absolute atomic E-state index is 8.95. The smallest absolute Gasteiger partial charge is 0.0940 e. The Kier molecular flexibility index (Phi) is 5.07. The zero-order valence-corrected chi connectivity index (χ0v) is 9.60. The molecule has 0 aliphatic heterocycles. The van der Waals surface area contributed by atoms with Crippen molar-refractivity contribution < 1.29 is 5.11 Å². The maximum Gasteiger partial charge on any atom is 0.0940 e. The quantitative estimate of drug-likeness (QED) is 0.751. The molecule has 1 rings (SSSR count).